The number of benzene rings is 1. The maximum Gasteiger partial charge on any atom is 0.244 e. The Balaban J connectivity index is 2.53. The van der Waals surface area contributed by atoms with Crippen molar-refractivity contribution in [1.82, 2.24) is 4.72 Å². The van der Waals surface area contributed by atoms with Gasteiger partial charge in [-0.2, -0.15) is 0 Å². The van der Waals surface area contributed by atoms with Crippen molar-refractivity contribution in [1.29, 1.82) is 0 Å². The SMILES string of the molecule is O=S1(=O)NCCCOc2ccccc21. The summed E-state index contributed by atoms with van der Waals surface area (Å²) in [6.45, 7) is 0.968. The van der Waals surface area contributed by atoms with Gasteiger partial charge in [0.15, 0.2) is 0 Å². The van der Waals surface area contributed by atoms with Gasteiger partial charge < -0.3 is 4.74 Å². The van der Waals surface area contributed by atoms with E-state index in [0.717, 1.165) is 0 Å². The van der Waals surface area contributed by atoms with E-state index < -0.39 is 10.0 Å². The maximum absolute atomic E-state index is 11.7. The first-order valence-electron chi connectivity index (χ1n) is 4.42. The minimum absolute atomic E-state index is 0.222. The highest BCUT2D eigenvalue weighted by Gasteiger charge is 2.20. The predicted octanol–water partition coefficient (Wildman–Crippen LogP) is 0.747. The molecule has 1 heterocycles. The molecule has 0 radical (unpaired) electrons. The van der Waals surface area contributed by atoms with Gasteiger partial charge in [0, 0.05) is 6.54 Å². The number of fused-ring (bicyclic) bond motifs is 1. The van der Waals surface area contributed by atoms with Crippen LogP contribution in [-0.4, -0.2) is 21.6 Å². The number of sulfonamides is 1. The van der Waals surface area contributed by atoms with Crippen LogP contribution in [0.2, 0.25) is 0 Å². The fraction of sp³-hybridized carbons (Fsp3) is 0.333. The van der Waals surface area contributed by atoms with Crippen LogP contribution in [-0.2, 0) is 10.0 Å². The quantitative estimate of drug-likeness (QED) is 0.691. The Morgan fingerprint density at radius 1 is 1.29 bits per heavy atom. The lowest BCUT2D eigenvalue weighted by Crippen LogP contribution is -2.28. The lowest BCUT2D eigenvalue weighted by Gasteiger charge is -2.15. The molecule has 1 aliphatic heterocycles. The van der Waals surface area contributed by atoms with Crippen molar-refractivity contribution in [3.05, 3.63) is 24.3 Å². The highest BCUT2D eigenvalue weighted by Crippen LogP contribution is 2.24. The zero-order valence-electron chi connectivity index (χ0n) is 7.56. The zero-order valence-corrected chi connectivity index (χ0v) is 8.38. The lowest BCUT2D eigenvalue weighted by molar-refractivity contribution is 0.300. The summed E-state index contributed by atoms with van der Waals surface area (Å²) in [6, 6.07) is 6.65. The summed E-state index contributed by atoms with van der Waals surface area (Å²) < 4.78 is 31.2. The molecular weight excluding hydrogens is 202 g/mol. The van der Waals surface area contributed by atoms with E-state index in [2.05, 4.69) is 4.72 Å². The van der Waals surface area contributed by atoms with Crippen LogP contribution in [0.3, 0.4) is 0 Å². The van der Waals surface area contributed by atoms with Gasteiger partial charge in [0.2, 0.25) is 10.0 Å². The van der Waals surface area contributed by atoms with Crippen LogP contribution < -0.4 is 9.46 Å². The lowest BCUT2D eigenvalue weighted by atomic mass is 10.3. The molecule has 4 nitrogen and oxygen atoms in total. The first-order chi connectivity index (χ1) is 6.70. The molecule has 0 unspecified atom stereocenters. The van der Waals surface area contributed by atoms with E-state index in [9.17, 15) is 8.42 Å². The van der Waals surface area contributed by atoms with Crippen LogP contribution in [0.15, 0.2) is 29.2 Å². The van der Waals surface area contributed by atoms with Crippen LogP contribution in [0, 0.1) is 0 Å². The second kappa shape index (κ2) is 3.59. The van der Waals surface area contributed by atoms with E-state index in [4.69, 9.17) is 4.74 Å². The molecule has 2 rings (SSSR count). The molecule has 0 spiro atoms. The standard InChI is InChI=1S/C9H11NO3S/c11-14(12)9-5-2-1-4-8(9)13-7-3-6-10-14/h1-2,4-5,10H,3,6-7H2. The van der Waals surface area contributed by atoms with Crippen molar-refractivity contribution in [2.24, 2.45) is 0 Å². The number of ether oxygens (including phenoxy) is 1. The molecule has 0 fully saturated rings. The van der Waals surface area contributed by atoms with E-state index >= 15 is 0 Å². The summed E-state index contributed by atoms with van der Waals surface area (Å²) in [5.41, 5.74) is 0. The van der Waals surface area contributed by atoms with Gasteiger partial charge in [-0.3, -0.25) is 0 Å². The Bertz CT molecular complexity index is 427. The minimum atomic E-state index is -3.38. The van der Waals surface area contributed by atoms with E-state index in [1.807, 2.05) is 0 Å². The molecule has 0 saturated heterocycles. The van der Waals surface area contributed by atoms with Crippen molar-refractivity contribution in [3.8, 4) is 5.75 Å². The van der Waals surface area contributed by atoms with Gasteiger partial charge in [0.25, 0.3) is 0 Å². The van der Waals surface area contributed by atoms with Crippen molar-refractivity contribution in [2.75, 3.05) is 13.2 Å². The Morgan fingerprint density at radius 3 is 2.93 bits per heavy atom. The molecule has 5 heteroatoms. The molecule has 0 aliphatic carbocycles. The van der Waals surface area contributed by atoms with Gasteiger partial charge in [-0.05, 0) is 18.6 Å². The van der Waals surface area contributed by atoms with Gasteiger partial charge >= 0.3 is 0 Å². The summed E-state index contributed by atoms with van der Waals surface area (Å²) in [4.78, 5) is 0.222. The second-order valence-electron chi connectivity index (χ2n) is 3.05. The molecule has 1 aromatic carbocycles. The Hall–Kier alpha value is -1.07. The van der Waals surface area contributed by atoms with Crippen molar-refractivity contribution in [2.45, 2.75) is 11.3 Å². The van der Waals surface area contributed by atoms with Crippen LogP contribution >= 0.6 is 0 Å². The number of hydrogen-bond donors (Lipinski definition) is 1. The van der Waals surface area contributed by atoms with E-state index in [1.54, 1.807) is 24.3 Å². The van der Waals surface area contributed by atoms with Crippen LogP contribution in [0.1, 0.15) is 6.42 Å². The topological polar surface area (TPSA) is 55.4 Å². The largest absolute Gasteiger partial charge is 0.492 e. The third-order valence-electron chi connectivity index (χ3n) is 2.01. The normalized spacial score (nSPS) is 20.0. The smallest absolute Gasteiger partial charge is 0.244 e. The molecule has 1 N–H and O–H groups in total. The van der Waals surface area contributed by atoms with Gasteiger partial charge in [0.1, 0.15) is 10.6 Å². The Kier molecular flexibility index (Phi) is 2.43. The summed E-state index contributed by atoms with van der Waals surface area (Å²) in [5.74, 6) is 0.430. The number of nitrogens with one attached hydrogen (secondary N) is 1. The highest BCUT2D eigenvalue weighted by molar-refractivity contribution is 7.89. The summed E-state index contributed by atoms with van der Waals surface area (Å²) in [5, 5.41) is 0. The molecule has 0 aromatic heterocycles. The van der Waals surface area contributed by atoms with E-state index in [0.29, 0.717) is 25.3 Å². The van der Waals surface area contributed by atoms with Crippen molar-refractivity contribution < 1.29 is 13.2 Å². The first kappa shape index (κ1) is 9.48. The van der Waals surface area contributed by atoms with Gasteiger partial charge in [-0.25, -0.2) is 13.1 Å². The number of rotatable bonds is 0. The van der Waals surface area contributed by atoms with Crippen LogP contribution in [0.5, 0.6) is 5.75 Å². The van der Waals surface area contributed by atoms with Crippen LogP contribution in [0.25, 0.3) is 0 Å². The monoisotopic (exact) mass is 213 g/mol. The van der Waals surface area contributed by atoms with Crippen LogP contribution in [0.4, 0.5) is 0 Å². The maximum atomic E-state index is 11.7. The van der Waals surface area contributed by atoms with Crippen molar-refractivity contribution in [3.63, 3.8) is 0 Å². The highest BCUT2D eigenvalue weighted by atomic mass is 32.2. The fourth-order valence-corrected chi connectivity index (χ4v) is 2.55. The third kappa shape index (κ3) is 1.73. The van der Waals surface area contributed by atoms with Crippen molar-refractivity contribution >= 4 is 10.0 Å². The van der Waals surface area contributed by atoms with Gasteiger partial charge in [0.05, 0.1) is 6.61 Å². The molecule has 1 aliphatic rings. The Labute approximate surface area is 82.9 Å². The van der Waals surface area contributed by atoms with Gasteiger partial charge in [-0.1, -0.05) is 12.1 Å². The first-order valence-corrected chi connectivity index (χ1v) is 5.90. The number of hydrogen-bond acceptors (Lipinski definition) is 3. The van der Waals surface area contributed by atoms with E-state index in [1.165, 1.54) is 0 Å². The molecule has 1 aromatic rings. The molecule has 0 atom stereocenters. The fourth-order valence-electron chi connectivity index (χ4n) is 1.33. The molecule has 76 valence electrons. The average Bonchev–Trinajstić information content (AvgIpc) is 2.15. The summed E-state index contributed by atoms with van der Waals surface area (Å²) in [7, 11) is -3.38. The molecule has 0 saturated carbocycles. The van der Waals surface area contributed by atoms with Gasteiger partial charge in [-0.15, -0.1) is 0 Å². The minimum Gasteiger partial charge on any atom is -0.492 e. The second-order valence-corrected chi connectivity index (χ2v) is 4.78. The predicted molar refractivity (Wildman–Crippen MR) is 51.7 cm³/mol. The number of para-hydroxylation sites is 1. The van der Waals surface area contributed by atoms with E-state index in [-0.39, 0.29) is 4.90 Å². The molecule has 0 amide bonds. The Morgan fingerprint density at radius 2 is 2.07 bits per heavy atom. The molecule has 14 heavy (non-hydrogen) atoms. The molecule has 0 bridgehead atoms. The zero-order chi connectivity index (χ0) is 10.0. The average molecular weight is 213 g/mol. The summed E-state index contributed by atoms with van der Waals surface area (Å²) >= 11 is 0. The summed E-state index contributed by atoms with van der Waals surface area (Å²) in [6.07, 6.45) is 0.688. The molecular formula is C9H11NO3S. The third-order valence-corrected chi connectivity index (χ3v) is 3.51.